The first kappa shape index (κ1) is 13.9. The average molecular weight is 281 g/mol. The third kappa shape index (κ3) is 2.43. The van der Waals surface area contributed by atoms with Crippen LogP contribution in [0.4, 0.5) is 0 Å². The molecule has 2 aliphatic heterocycles. The van der Waals surface area contributed by atoms with E-state index in [-0.39, 0.29) is 11.9 Å². The summed E-state index contributed by atoms with van der Waals surface area (Å²) in [5.41, 5.74) is 0. The summed E-state index contributed by atoms with van der Waals surface area (Å²) < 4.78 is 5.49. The molecule has 1 saturated carbocycles. The van der Waals surface area contributed by atoms with Gasteiger partial charge in [0.05, 0.1) is 0 Å². The van der Waals surface area contributed by atoms with Gasteiger partial charge in [0.2, 0.25) is 0 Å². The first-order valence-electron chi connectivity index (χ1n) is 7.85. The Morgan fingerprint density at radius 3 is 2.50 bits per heavy atom. The summed E-state index contributed by atoms with van der Waals surface area (Å²) in [6.07, 6.45) is 7.15. The lowest BCUT2D eigenvalue weighted by atomic mass is 9.76. The zero-order valence-corrected chi connectivity index (χ0v) is 11.8. The maximum Gasteiger partial charge on any atom is 0.326 e. The fourth-order valence-corrected chi connectivity index (χ4v) is 4.13. The summed E-state index contributed by atoms with van der Waals surface area (Å²) in [6.45, 7) is 0.621. The highest BCUT2D eigenvalue weighted by atomic mass is 16.5. The summed E-state index contributed by atoms with van der Waals surface area (Å²) in [7, 11) is 0. The number of likely N-dealkylation sites (tertiary alicyclic amines) is 1. The summed E-state index contributed by atoms with van der Waals surface area (Å²) in [4.78, 5) is 25.9. The molecule has 5 heteroatoms. The van der Waals surface area contributed by atoms with E-state index in [4.69, 9.17) is 4.74 Å². The largest absolute Gasteiger partial charge is 0.480 e. The van der Waals surface area contributed by atoms with Gasteiger partial charge in [0.25, 0.3) is 5.91 Å². The molecular weight excluding hydrogens is 258 g/mol. The Labute approximate surface area is 119 Å². The van der Waals surface area contributed by atoms with E-state index in [9.17, 15) is 14.7 Å². The molecule has 3 fully saturated rings. The molecule has 0 aromatic carbocycles. The molecule has 112 valence electrons. The smallest absolute Gasteiger partial charge is 0.326 e. The summed E-state index contributed by atoms with van der Waals surface area (Å²) in [6, 6.07) is -0.527. The van der Waals surface area contributed by atoms with Crippen LogP contribution in [0.25, 0.3) is 0 Å². The van der Waals surface area contributed by atoms with Crippen molar-refractivity contribution in [2.75, 3.05) is 6.61 Å². The van der Waals surface area contributed by atoms with Gasteiger partial charge in [0.15, 0.2) is 0 Å². The first-order chi connectivity index (χ1) is 9.68. The van der Waals surface area contributed by atoms with Crippen LogP contribution in [-0.2, 0) is 14.3 Å². The molecular formula is C15H23NO4. The number of piperidine rings is 1. The molecule has 4 atom stereocenters. The zero-order valence-electron chi connectivity index (χ0n) is 11.8. The molecule has 0 spiro atoms. The van der Waals surface area contributed by atoms with Gasteiger partial charge in [-0.15, -0.1) is 0 Å². The van der Waals surface area contributed by atoms with E-state index in [1.165, 1.54) is 6.42 Å². The van der Waals surface area contributed by atoms with E-state index < -0.39 is 18.1 Å². The van der Waals surface area contributed by atoms with Gasteiger partial charge in [-0.05, 0) is 44.4 Å². The molecule has 20 heavy (non-hydrogen) atoms. The molecule has 1 aliphatic carbocycles. The second kappa shape index (κ2) is 5.72. The minimum absolute atomic E-state index is 0.0773. The summed E-state index contributed by atoms with van der Waals surface area (Å²) >= 11 is 0. The zero-order chi connectivity index (χ0) is 14.1. The third-order valence-corrected chi connectivity index (χ3v) is 5.12. The van der Waals surface area contributed by atoms with Crippen LogP contribution in [-0.4, -0.2) is 46.7 Å². The lowest BCUT2D eigenvalue weighted by molar-refractivity contribution is -0.163. The van der Waals surface area contributed by atoms with Gasteiger partial charge in [-0.1, -0.05) is 12.8 Å². The number of carbonyl (C=O) groups excluding carboxylic acids is 1. The van der Waals surface area contributed by atoms with Crippen molar-refractivity contribution in [3.8, 4) is 0 Å². The number of aliphatic carboxylic acids is 1. The Morgan fingerprint density at radius 2 is 1.80 bits per heavy atom. The van der Waals surface area contributed by atoms with Crippen LogP contribution in [0.5, 0.6) is 0 Å². The van der Waals surface area contributed by atoms with Crippen LogP contribution in [0, 0.1) is 5.92 Å². The van der Waals surface area contributed by atoms with Gasteiger partial charge in [-0.2, -0.15) is 0 Å². The number of fused-ring (bicyclic) bond motifs is 1. The predicted molar refractivity (Wildman–Crippen MR) is 72.2 cm³/mol. The topological polar surface area (TPSA) is 66.8 Å². The van der Waals surface area contributed by atoms with Crippen LogP contribution < -0.4 is 0 Å². The number of rotatable bonds is 2. The van der Waals surface area contributed by atoms with Crippen molar-refractivity contribution < 1.29 is 19.4 Å². The standard InChI is InChI=1S/C15H23NO4/c17-14(13-6-3-9-20-13)16-11-5-2-1-4-10(11)7-8-12(16)15(18)19/h10-13H,1-9H2,(H,18,19)/t10?,11?,12?,13-/m0/s1. The van der Waals surface area contributed by atoms with Gasteiger partial charge < -0.3 is 14.7 Å². The lowest BCUT2D eigenvalue weighted by Crippen LogP contribution is -2.59. The monoisotopic (exact) mass is 281 g/mol. The van der Waals surface area contributed by atoms with Crippen molar-refractivity contribution in [2.45, 2.75) is 69.6 Å². The number of nitrogens with zero attached hydrogens (tertiary/aromatic N) is 1. The van der Waals surface area contributed by atoms with E-state index in [0.29, 0.717) is 18.9 Å². The minimum Gasteiger partial charge on any atom is -0.480 e. The van der Waals surface area contributed by atoms with Crippen LogP contribution in [0.1, 0.15) is 51.4 Å². The molecule has 1 N–H and O–H groups in total. The SMILES string of the molecule is O=C(O)C1CCC2CCCCC2N1C(=O)[C@@H]1CCCO1. The molecule has 3 rings (SSSR count). The van der Waals surface area contributed by atoms with Crippen molar-refractivity contribution in [2.24, 2.45) is 5.92 Å². The lowest BCUT2D eigenvalue weighted by Gasteiger charge is -2.47. The predicted octanol–water partition coefficient (Wildman–Crippen LogP) is 1.80. The van der Waals surface area contributed by atoms with E-state index >= 15 is 0 Å². The van der Waals surface area contributed by atoms with Crippen molar-refractivity contribution >= 4 is 11.9 Å². The Balaban J connectivity index is 1.83. The number of carboxylic acid groups (broad SMARTS) is 1. The number of carboxylic acids is 1. The number of hydrogen-bond donors (Lipinski definition) is 1. The molecule has 2 saturated heterocycles. The molecule has 0 aromatic rings. The second-order valence-electron chi connectivity index (χ2n) is 6.29. The van der Waals surface area contributed by atoms with Crippen molar-refractivity contribution in [1.29, 1.82) is 0 Å². The maximum absolute atomic E-state index is 12.7. The molecule has 0 bridgehead atoms. The van der Waals surface area contributed by atoms with Crippen molar-refractivity contribution in [1.82, 2.24) is 4.90 Å². The first-order valence-corrected chi connectivity index (χ1v) is 7.85. The Bertz CT molecular complexity index is 391. The maximum atomic E-state index is 12.7. The highest BCUT2D eigenvalue weighted by molar-refractivity contribution is 5.87. The van der Waals surface area contributed by atoms with Crippen LogP contribution in [0.3, 0.4) is 0 Å². The molecule has 2 heterocycles. The van der Waals surface area contributed by atoms with Gasteiger partial charge in [-0.3, -0.25) is 4.79 Å². The molecule has 0 aromatic heterocycles. The Hall–Kier alpha value is -1.10. The van der Waals surface area contributed by atoms with E-state index in [0.717, 1.165) is 38.5 Å². The quantitative estimate of drug-likeness (QED) is 0.838. The highest BCUT2D eigenvalue weighted by Gasteiger charge is 2.45. The normalized spacial score (nSPS) is 37.5. The van der Waals surface area contributed by atoms with Gasteiger partial charge in [-0.25, -0.2) is 4.79 Å². The van der Waals surface area contributed by atoms with Crippen LogP contribution in [0.2, 0.25) is 0 Å². The summed E-state index contributed by atoms with van der Waals surface area (Å²) in [5, 5.41) is 9.46. The average Bonchev–Trinajstić information content (AvgIpc) is 2.99. The Morgan fingerprint density at radius 1 is 1.00 bits per heavy atom. The van der Waals surface area contributed by atoms with Crippen molar-refractivity contribution in [3.63, 3.8) is 0 Å². The number of amides is 1. The Kier molecular flexibility index (Phi) is 3.96. The van der Waals surface area contributed by atoms with E-state index in [1.54, 1.807) is 4.90 Å². The fourth-order valence-electron chi connectivity index (χ4n) is 4.13. The molecule has 3 aliphatic rings. The number of hydrogen-bond acceptors (Lipinski definition) is 3. The van der Waals surface area contributed by atoms with Crippen LogP contribution in [0.15, 0.2) is 0 Å². The molecule has 5 nitrogen and oxygen atoms in total. The number of ether oxygens (including phenoxy) is 1. The van der Waals surface area contributed by atoms with Crippen molar-refractivity contribution in [3.05, 3.63) is 0 Å². The third-order valence-electron chi connectivity index (χ3n) is 5.12. The molecule has 0 radical (unpaired) electrons. The van der Waals surface area contributed by atoms with Gasteiger partial charge in [0.1, 0.15) is 12.1 Å². The van der Waals surface area contributed by atoms with Crippen LogP contribution >= 0.6 is 0 Å². The second-order valence-corrected chi connectivity index (χ2v) is 6.29. The summed E-state index contributed by atoms with van der Waals surface area (Å²) in [5.74, 6) is -0.448. The van der Waals surface area contributed by atoms with Gasteiger partial charge in [0, 0.05) is 12.6 Å². The minimum atomic E-state index is -0.861. The van der Waals surface area contributed by atoms with Gasteiger partial charge >= 0.3 is 5.97 Å². The highest BCUT2D eigenvalue weighted by Crippen LogP contribution is 2.38. The fraction of sp³-hybridized carbons (Fsp3) is 0.867. The number of carbonyl (C=O) groups is 2. The van der Waals surface area contributed by atoms with E-state index in [2.05, 4.69) is 0 Å². The molecule has 1 amide bonds. The van der Waals surface area contributed by atoms with E-state index in [1.807, 2.05) is 0 Å². The molecule has 3 unspecified atom stereocenters.